The normalized spacial score (nSPS) is 17.5. The van der Waals surface area contributed by atoms with Crippen LogP contribution < -0.4 is 5.32 Å². The van der Waals surface area contributed by atoms with Gasteiger partial charge in [-0.2, -0.15) is 13.2 Å². The zero-order valence-electron chi connectivity index (χ0n) is 19.0. The highest BCUT2D eigenvalue weighted by atomic mass is 35.5. The number of nitrogens with zero attached hydrogens (tertiary/aromatic N) is 2. The van der Waals surface area contributed by atoms with Crippen LogP contribution in [0.3, 0.4) is 0 Å². The van der Waals surface area contributed by atoms with Crippen molar-refractivity contribution in [3.8, 4) is 0 Å². The van der Waals surface area contributed by atoms with E-state index in [2.05, 4.69) is 10.3 Å². The number of hydrogen-bond acceptors (Lipinski definition) is 5. The average Bonchev–Trinajstić information content (AvgIpc) is 3.15. The zero-order valence-corrected chi connectivity index (χ0v) is 20.5. The molecule has 1 fully saturated rings. The summed E-state index contributed by atoms with van der Waals surface area (Å²) in [5, 5.41) is 12.6. The summed E-state index contributed by atoms with van der Waals surface area (Å²) in [5.41, 5.74) is 0.474. The number of rotatable bonds is 7. The van der Waals surface area contributed by atoms with Crippen molar-refractivity contribution in [3.05, 3.63) is 62.9 Å². The summed E-state index contributed by atoms with van der Waals surface area (Å²) >= 11 is 11.5. The van der Waals surface area contributed by atoms with Gasteiger partial charge in [-0.15, -0.1) is 0 Å². The van der Waals surface area contributed by atoms with Gasteiger partial charge in [0.25, 0.3) is 11.8 Å². The summed E-state index contributed by atoms with van der Waals surface area (Å²) in [7, 11) is 0. The van der Waals surface area contributed by atoms with Gasteiger partial charge < -0.3 is 10.4 Å². The largest absolute Gasteiger partial charge is 0.414 e. The fourth-order valence-corrected chi connectivity index (χ4v) is 3.92. The van der Waals surface area contributed by atoms with Crippen LogP contribution in [0, 0.1) is 12.7 Å². The number of aliphatic hydroxyl groups excluding tert-OH is 1. The Kier molecular flexibility index (Phi) is 8.60. The number of nitrogens with one attached hydrogen (secondary N) is 1. The molecule has 0 aliphatic carbocycles. The van der Waals surface area contributed by atoms with Crippen LogP contribution in [0.25, 0.3) is 0 Å². The van der Waals surface area contributed by atoms with E-state index in [4.69, 9.17) is 28.0 Å². The lowest BCUT2D eigenvalue weighted by molar-refractivity contribution is -0.201. The molecule has 1 heterocycles. The number of likely N-dealkylation sites (N-methyl/N-ethyl adjacent to an activating group) is 1. The van der Waals surface area contributed by atoms with E-state index in [0.717, 1.165) is 17.2 Å². The highest BCUT2D eigenvalue weighted by molar-refractivity contribution is 6.35. The third kappa shape index (κ3) is 6.33. The van der Waals surface area contributed by atoms with Gasteiger partial charge in [-0.05, 0) is 49.2 Å². The molecule has 2 unspecified atom stereocenters. The van der Waals surface area contributed by atoms with Gasteiger partial charge in [-0.25, -0.2) is 9.45 Å². The number of amides is 2. The first kappa shape index (κ1) is 27.9. The quantitative estimate of drug-likeness (QED) is 0.296. The Morgan fingerprint density at radius 1 is 1.28 bits per heavy atom. The molecule has 0 bridgehead atoms. The average molecular weight is 550 g/mol. The van der Waals surface area contributed by atoms with Crippen molar-refractivity contribution in [2.45, 2.75) is 38.6 Å². The van der Waals surface area contributed by atoms with E-state index >= 15 is 0 Å². The van der Waals surface area contributed by atoms with Crippen molar-refractivity contribution in [1.29, 1.82) is 0 Å². The molecule has 13 heteroatoms. The van der Waals surface area contributed by atoms with Crippen molar-refractivity contribution >= 4 is 46.4 Å². The van der Waals surface area contributed by atoms with Crippen LogP contribution in [0.4, 0.5) is 23.2 Å². The first-order valence-electron chi connectivity index (χ1n) is 10.6. The van der Waals surface area contributed by atoms with Crippen LogP contribution >= 0.6 is 23.2 Å². The second-order valence-electron chi connectivity index (χ2n) is 7.93. The van der Waals surface area contributed by atoms with Crippen molar-refractivity contribution in [1.82, 2.24) is 10.4 Å². The van der Waals surface area contributed by atoms with Gasteiger partial charge in [-0.3, -0.25) is 19.4 Å². The second kappa shape index (κ2) is 11.1. The number of hydrogen-bond donors (Lipinski definition) is 2. The number of alkyl halides is 3. The Hall–Kier alpha value is -2.73. The molecule has 0 radical (unpaired) electrons. The first-order valence-corrected chi connectivity index (χ1v) is 11.4. The maximum atomic E-state index is 13.8. The number of halogens is 6. The summed E-state index contributed by atoms with van der Waals surface area (Å²) in [5.74, 6) is -1.88. The molecule has 194 valence electrons. The zero-order chi connectivity index (χ0) is 26.8. The van der Waals surface area contributed by atoms with Crippen molar-refractivity contribution in [2.75, 3.05) is 13.2 Å². The number of benzene rings is 2. The lowest BCUT2D eigenvalue weighted by atomic mass is 9.98. The summed E-state index contributed by atoms with van der Waals surface area (Å²) in [4.78, 5) is 34.2. The molecule has 36 heavy (non-hydrogen) atoms. The second-order valence-corrected chi connectivity index (χ2v) is 8.74. The third-order valence-corrected chi connectivity index (χ3v) is 5.88. The molecular weight excluding hydrogens is 529 g/mol. The number of carbonyl (C=O) groups is 2. The molecular formula is C23H21Cl2F4N3O4. The van der Waals surface area contributed by atoms with E-state index in [-0.39, 0.29) is 39.2 Å². The van der Waals surface area contributed by atoms with Gasteiger partial charge in [0, 0.05) is 18.5 Å². The number of aryl methyl sites for hydroxylation is 1. The summed E-state index contributed by atoms with van der Waals surface area (Å²) < 4.78 is 53.0. The minimum absolute atomic E-state index is 0.0233. The van der Waals surface area contributed by atoms with Crippen molar-refractivity contribution in [2.24, 2.45) is 4.99 Å². The fourth-order valence-electron chi connectivity index (χ4n) is 3.45. The lowest BCUT2D eigenvalue weighted by Crippen LogP contribution is -2.42. The maximum Gasteiger partial charge on any atom is 0.414 e. The van der Waals surface area contributed by atoms with Gasteiger partial charge in [0.1, 0.15) is 12.6 Å². The minimum Gasteiger partial charge on any atom is -0.383 e. The number of aliphatic hydroxyl groups is 1. The Bertz CT molecular complexity index is 1180. The van der Waals surface area contributed by atoms with E-state index in [9.17, 15) is 32.3 Å². The summed E-state index contributed by atoms with van der Waals surface area (Å²) in [6.45, 7) is 3.56. The SMILES string of the molecule is CCN1OCC(NC(=O)c2ccc(C(CC(O)C(F)(F)F)=Nc3cc(Cl)c(F)c(Cl)c3)cc2C)C1=O. The summed E-state index contributed by atoms with van der Waals surface area (Å²) in [6, 6.07) is 5.41. The summed E-state index contributed by atoms with van der Waals surface area (Å²) in [6.07, 6.45) is -8.58. The molecule has 1 aliphatic heterocycles. The molecule has 3 rings (SSSR count). The Balaban J connectivity index is 1.93. The van der Waals surface area contributed by atoms with Crippen LogP contribution in [0.5, 0.6) is 0 Å². The Morgan fingerprint density at radius 2 is 1.92 bits per heavy atom. The van der Waals surface area contributed by atoms with Crippen LogP contribution in [0.1, 0.15) is 34.8 Å². The van der Waals surface area contributed by atoms with Gasteiger partial charge >= 0.3 is 6.18 Å². The highest BCUT2D eigenvalue weighted by Crippen LogP contribution is 2.31. The van der Waals surface area contributed by atoms with Gasteiger partial charge in [0.05, 0.1) is 21.4 Å². The Labute approximate surface area is 213 Å². The molecule has 0 saturated carbocycles. The molecule has 1 saturated heterocycles. The van der Waals surface area contributed by atoms with Gasteiger partial charge in [0.2, 0.25) is 0 Å². The minimum atomic E-state index is -4.92. The van der Waals surface area contributed by atoms with E-state index in [0.29, 0.717) is 12.1 Å². The van der Waals surface area contributed by atoms with Crippen LogP contribution in [0.2, 0.25) is 10.0 Å². The van der Waals surface area contributed by atoms with E-state index < -0.39 is 42.4 Å². The van der Waals surface area contributed by atoms with Crippen LogP contribution in [0.15, 0.2) is 35.3 Å². The monoisotopic (exact) mass is 549 g/mol. The van der Waals surface area contributed by atoms with E-state index in [1.807, 2.05) is 0 Å². The number of carbonyl (C=O) groups excluding carboxylic acids is 2. The lowest BCUT2D eigenvalue weighted by Gasteiger charge is -2.17. The highest BCUT2D eigenvalue weighted by Gasteiger charge is 2.39. The molecule has 2 aromatic rings. The fraction of sp³-hybridized carbons (Fsp3) is 0.348. The molecule has 1 aliphatic rings. The predicted octanol–water partition coefficient (Wildman–Crippen LogP) is 4.77. The molecule has 2 aromatic carbocycles. The van der Waals surface area contributed by atoms with Crippen molar-refractivity contribution < 1.29 is 37.1 Å². The molecule has 0 spiro atoms. The molecule has 7 nitrogen and oxygen atoms in total. The number of aliphatic imine (C=N–C) groups is 1. The van der Waals surface area contributed by atoms with Crippen molar-refractivity contribution in [3.63, 3.8) is 0 Å². The smallest absolute Gasteiger partial charge is 0.383 e. The topological polar surface area (TPSA) is 91.2 Å². The van der Waals surface area contributed by atoms with Crippen LogP contribution in [-0.2, 0) is 9.63 Å². The van der Waals surface area contributed by atoms with Gasteiger partial charge in [0.15, 0.2) is 11.9 Å². The molecule has 2 N–H and O–H groups in total. The standard InChI is InChI=1S/C23H21Cl2F4N3O4/c1-3-32-22(35)18(10-36-32)31-21(34)14-5-4-12(6-11(14)2)17(9-19(33)23(27,28)29)30-13-7-15(24)20(26)16(25)8-13/h4-8,18-19,33H,3,9-10H2,1-2H3,(H,31,34). The van der Waals surface area contributed by atoms with Gasteiger partial charge in [-0.1, -0.05) is 29.3 Å². The Morgan fingerprint density at radius 3 is 2.44 bits per heavy atom. The first-order chi connectivity index (χ1) is 16.8. The van der Waals surface area contributed by atoms with Crippen LogP contribution in [-0.4, -0.2) is 59.2 Å². The predicted molar refractivity (Wildman–Crippen MR) is 125 cm³/mol. The third-order valence-electron chi connectivity index (χ3n) is 5.33. The molecule has 2 atom stereocenters. The maximum absolute atomic E-state index is 13.8. The molecule has 2 amide bonds. The number of hydroxylamine groups is 2. The van der Waals surface area contributed by atoms with E-state index in [1.165, 1.54) is 18.2 Å². The molecule has 0 aromatic heterocycles. The van der Waals surface area contributed by atoms with E-state index in [1.54, 1.807) is 13.8 Å².